The Morgan fingerprint density at radius 3 is 2.69 bits per heavy atom. The van der Waals surface area contributed by atoms with Gasteiger partial charge in [0.2, 0.25) is 5.91 Å². The van der Waals surface area contributed by atoms with Gasteiger partial charge in [0.25, 0.3) is 11.6 Å². The molecule has 10 nitrogen and oxygen atoms in total. The molecule has 3 aromatic rings. The molecule has 1 aromatic heterocycles. The molecule has 4 rings (SSSR count). The number of anilines is 1. The fourth-order valence-electron chi connectivity index (χ4n) is 2.93. The molecule has 0 aliphatic heterocycles. The van der Waals surface area contributed by atoms with Crippen LogP contribution in [0.4, 0.5) is 11.4 Å². The third kappa shape index (κ3) is 3.86. The Morgan fingerprint density at radius 2 is 1.97 bits per heavy atom. The number of aromatic nitrogens is 1. The van der Waals surface area contributed by atoms with Gasteiger partial charge in [0, 0.05) is 12.1 Å². The summed E-state index contributed by atoms with van der Waals surface area (Å²) in [5, 5.41) is 16.4. The highest BCUT2D eigenvalue weighted by molar-refractivity contribution is 6.04. The number of nitrogens with zero attached hydrogens (tertiary/aromatic N) is 2. The van der Waals surface area contributed by atoms with E-state index in [1.54, 1.807) is 24.3 Å². The van der Waals surface area contributed by atoms with Crippen molar-refractivity contribution in [3.63, 3.8) is 0 Å². The lowest BCUT2D eigenvalue weighted by atomic mass is 10.1. The normalized spacial score (nSPS) is 13.2. The van der Waals surface area contributed by atoms with Crippen molar-refractivity contribution in [2.75, 3.05) is 5.32 Å². The molecule has 2 N–H and O–H groups in total. The van der Waals surface area contributed by atoms with Crippen LogP contribution in [0.1, 0.15) is 23.2 Å². The summed E-state index contributed by atoms with van der Waals surface area (Å²) < 4.78 is 6.08. The summed E-state index contributed by atoms with van der Waals surface area (Å²) >= 11 is 0. The molecule has 29 heavy (non-hydrogen) atoms. The second kappa shape index (κ2) is 7.23. The molecule has 0 bridgehead atoms. The molecule has 1 heterocycles. The van der Waals surface area contributed by atoms with E-state index in [4.69, 9.17) is 4.42 Å². The lowest BCUT2D eigenvalue weighted by Crippen LogP contribution is -2.28. The molecule has 148 valence electrons. The van der Waals surface area contributed by atoms with E-state index < -0.39 is 16.6 Å². The smallest absolute Gasteiger partial charge is 0.407 e. The van der Waals surface area contributed by atoms with Crippen LogP contribution in [0.25, 0.3) is 11.1 Å². The number of nitro benzene ring substituents is 1. The first-order valence-electron chi connectivity index (χ1n) is 8.90. The van der Waals surface area contributed by atoms with Crippen LogP contribution in [0.2, 0.25) is 0 Å². The number of nitro groups is 1. The van der Waals surface area contributed by atoms with Gasteiger partial charge in [0.05, 0.1) is 27.8 Å². The minimum Gasteiger partial charge on any atom is -0.407 e. The van der Waals surface area contributed by atoms with E-state index in [0.29, 0.717) is 11.3 Å². The fraction of sp³-hybridized carbons (Fsp3) is 0.211. The fourth-order valence-corrected chi connectivity index (χ4v) is 2.93. The van der Waals surface area contributed by atoms with Gasteiger partial charge in [0.15, 0.2) is 5.58 Å². The van der Waals surface area contributed by atoms with Crippen LogP contribution in [0, 0.1) is 10.1 Å². The Balaban J connectivity index is 1.55. The predicted octanol–water partition coefficient (Wildman–Crippen LogP) is 2.03. The first-order chi connectivity index (χ1) is 13.9. The lowest BCUT2D eigenvalue weighted by molar-refractivity contribution is -0.384. The number of amides is 2. The van der Waals surface area contributed by atoms with Gasteiger partial charge in [-0.2, -0.15) is 0 Å². The van der Waals surface area contributed by atoms with Crippen molar-refractivity contribution >= 4 is 34.3 Å². The summed E-state index contributed by atoms with van der Waals surface area (Å²) in [6, 6.07) is 10.5. The second-order valence-electron chi connectivity index (χ2n) is 6.70. The Morgan fingerprint density at radius 1 is 1.21 bits per heavy atom. The van der Waals surface area contributed by atoms with E-state index >= 15 is 0 Å². The number of fused-ring (bicyclic) bond motifs is 1. The molecule has 10 heteroatoms. The number of benzene rings is 2. The molecule has 2 aromatic carbocycles. The molecule has 1 fully saturated rings. The van der Waals surface area contributed by atoms with E-state index in [1.165, 1.54) is 12.1 Å². The summed E-state index contributed by atoms with van der Waals surface area (Å²) in [4.78, 5) is 47.2. The van der Waals surface area contributed by atoms with Crippen LogP contribution in [0.15, 0.2) is 51.7 Å². The largest absolute Gasteiger partial charge is 0.420 e. The van der Waals surface area contributed by atoms with Gasteiger partial charge in [-0.3, -0.25) is 24.3 Å². The highest BCUT2D eigenvalue weighted by atomic mass is 16.6. The number of nitrogens with one attached hydrogen (secondary N) is 2. The Hall–Kier alpha value is -3.95. The quantitative estimate of drug-likeness (QED) is 0.483. The van der Waals surface area contributed by atoms with Gasteiger partial charge in [-0.1, -0.05) is 12.1 Å². The van der Waals surface area contributed by atoms with E-state index in [9.17, 15) is 24.5 Å². The van der Waals surface area contributed by atoms with Crippen LogP contribution in [0.3, 0.4) is 0 Å². The zero-order valence-corrected chi connectivity index (χ0v) is 15.1. The van der Waals surface area contributed by atoms with E-state index in [0.717, 1.165) is 23.5 Å². The van der Waals surface area contributed by atoms with Gasteiger partial charge in [-0.05, 0) is 31.0 Å². The third-order valence-corrected chi connectivity index (χ3v) is 4.52. The molecule has 0 unspecified atom stereocenters. The number of carbonyl (C=O) groups is 2. The topological polar surface area (TPSA) is 136 Å². The second-order valence-corrected chi connectivity index (χ2v) is 6.70. The van der Waals surface area contributed by atoms with E-state index in [1.807, 2.05) is 0 Å². The number of non-ortho nitro benzene ring substituents is 1. The maximum Gasteiger partial charge on any atom is 0.420 e. The monoisotopic (exact) mass is 396 g/mol. The maximum atomic E-state index is 12.5. The molecule has 0 saturated heterocycles. The van der Waals surface area contributed by atoms with Gasteiger partial charge in [0.1, 0.15) is 6.54 Å². The van der Waals surface area contributed by atoms with Crippen molar-refractivity contribution in [1.29, 1.82) is 0 Å². The van der Waals surface area contributed by atoms with Crippen LogP contribution in [-0.2, 0) is 11.3 Å². The average Bonchev–Trinajstić information content (AvgIpc) is 3.45. The maximum absolute atomic E-state index is 12.5. The molecule has 0 radical (unpaired) electrons. The molecule has 0 atom stereocenters. The van der Waals surface area contributed by atoms with Gasteiger partial charge in [-0.25, -0.2) is 4.79 Å². The predicted molar refractivity (Wildman–Crippen MR) is 103 cm³/mol. The highest BCUT2D eigenvalue weighted by Crippen LogP contribution is 2.22. The van der Waals surface area contributed by atoms with Crippen molar-refractivity contribution in [2.24, 2.45) is 0 Å². The summed E-state index contributed by atoms with van der Waals surface area (Å²) in [5.74, 6) is -1.63. The van der Waals surface area contributed by atoms with Crippen LogP contribution < -0.4 is 16.4 Å². The number of para-hydroxylation sites is 1. The zero-order valence-electron chi connectivity index (χ0n) is 15.1. The van der Waals surface area contributed by atoms with Crippen molar-refractivity contribution in [3.8, 4) is 0 Å². The minimum atomic E-state index is -0.810. The molecule has 0 spiro atoms. The summed E-state index contributed by atoms with van der Waals surface area (Å²) in [6.07, 6.45) is 1.88. The molecule has 1 saturated carbocycles. The average molecular weight is 396 g/mol. The van der Waals surface area contributed by atoms with Gasteiger partial charge in [-0.15, -0.1) is 0 Å². The van der Waals surface area contributed by atoms with Gasteiger partial charge < -0.3 is 15.1 Å². The number of carbonyl (C=O) groups excluding carboxylic acids is 2. The van der Waals surface area contributed by atoms with E-state index in [2.05, 4.69) is 10.6 Å². The number of oxazole rings is 1. The Kier molecular flexibility index (Phi) is 4.59. The van der Waals surface area contributed by atoms with Gasteiger partial charge >= 0.3 is 5.76 Å². The zero-order chi connectivity index (χ0) is 20.5. The van der Waals surface area contributed by atoms with Crippen molar-refractivity contribution in [1.82, 2.24) is 9.88 Å². The van der Waals surface area contributed by atoms with Crippen molar-refractivity contribution in [2.45, 2.75) is 25.4 Å². The third-order valence-electron chi connectivity index (χ3n) is 4.52. The molecule has 1 aliphatic rings. The van der Waals surface area contributed by atoms with Crippen LogP contribution in [0.5, 0.6) is 0 Å². The Labute approximate surface area is 163 Å². The minimum absolute atomic E-state index is 0.0150. The first kappa shape index (κ1) is 18.4. The number of hydrogen-bond acceptors (Lipinski definition) is 6. The van der Waals surface area contributed by atoms with Crippen molar-refractivity contribution < 1.29 is 18.9 Å². The van der Waals surface area contributed by atoms with Crippen molar-refractivity contribution in [3.05, 3.63) is 68.7 Å². The molecular weight excluding hydrogens is 380 g/mol. The number of rotatable bonds is 6. The number of hydrogen-bond donors (Lipinski definition) is 2. The molecule has 2 amide bonds. The SMILES string of the molecule is O=C(Cn1c(=O)oc2cc([N+](=O)[O-])ccc21)Nc1ccccc1C(=O)NC1CC1. The lowest BCUT2D eigenvalue weighted by Gasteiger charge is -2.11. The highest BCUT2D eigenvalue weighted by Gasteiger charge is 2.25. The summed E-state index contributed by atoms with van der Waals surface area (Å²) in [6.45, 7) is -0.373. The standard InChI is InChI=1S/C19H16N4O6/c24-17(21-14-4-2-1-3-13(14)18(25)20-11-5-6-11)10-22-15-8-7-12(23(27)28)9-16(15)29-19(22)26/h1-4,7-9,11H,5-6,10H2,(H,20,25)(H,21,24). The van der Waals surface area contributed by atoms with E-state index in [-0.39, 0.29) is 35.3 Å². The van der Waals surface area contributed by atoms with Crippen LogP contribution >= 0.6 is 0 Å². The molecule has 1 aliphatic carbocycles. The van der Waals surface area contributed by atoms with Crippen LogP contribution in [-0.4, -0.2) is 27.3 Å². The molecular formula is C19H16N4O6. The summed E-state index contributed by atoms with van der Waals surface area (Å²) in [7, 11) is 0. The first-order valence-corrected chi connectivity index (χ1v) is 8.90. The summed E-state index contributed by atoms with van der Waals surface area (Å²) in [5.41, 5.74) is 0.704. The Bertz CT molecular complexity index is 1190.